The maximum atomic E-state index is 10.5. The minimum absolute atomic E-state index is 0.0345. The summed E-state index contributed by atoms with van der Waals surface area (Å²) in [5.41, 5.74) is 0. The summed E-state index contributed by atoms with van der Waals surface area (Å²) in [5.74, 6) is 0.109. The lowest BCUT2D eigenvalue weighted by atomic mass is 10.1. The predicted molar refractivity (Wildman–Crippen MR) is 48.6 cm³/mol. The number of esters is 1. The van der Waals surface area contributed by atoms with Crippen LogP contribution in [0.15, 0.2) is 0 Å². The van der Waals surface area contributed by atoms with Crippen LogP contribution in [0.1, 0.15) is 19.8 Å². The van der Waals surface area contributed by atoms with Gasteiger partial charge in [-0.2, -0.15) is 0 Å². The van der Waals surface area contributed by atoms with Gasteiger partial charge in [-0.3, -0.25) is 4.79 Å². The van der Waals surface area contributed by atoms with Gasteiger partial charge in [-0.1, -0.05) is 0 Å². The van der Waals surface area contributed by atoms with Gasteiger partial charge >= 0.3 is 5.97 Å². The van der Waals surface area contributed by atoms with Crippen LogP contribution in [0.25, 0.3) is 0 Å². The van der Waals surface area contributed by atoms with Crippen molar-refractivity contribution >= 4 is 29.2 Å². The highest BCUT2D eigenvalue weighted by molar-refractivity contribution is 6.30. The van der Waals surface area contributed by atoms with E-state index in [0.717, 1.165) is 12.8 Å². The predicted octanol–water partition coefficient (Wildman–Crippen LogP) is 2.17. The molecule has 0 aromatic carbocycles. The van der Waals surface area contributed by atoms with Crippen molar-refractivity contribution in [2.45, 2.75) is 30.5 Å². The van der Waals surface area contributed by atoms with Crippen LogP contribution in [0.3, 0.4) is 0 Å². The highest BCUT2D eigenvalue weighted by atomic mass is 35.5. The second-order valence-electron chi connectivity index (χ2n) is 3.17. The third-order valence-electron chi connectivity index (χ3n) is 2.03. The Balaban J connectivity index is 2.23. The molecule has 0 aromatic rings. The van der Waals surface area contributed by atoms with Gasteiger partial charge in [-0.15, -0.1) is 23.2 Å². The molecule has 0 N–H and O–H groups in total. The number of ether oxygens (including phenoxy) is 1. The molecule has 4 heteroatoms. The zero-order valence-corrected chi connectivity index (χ0v) is 8.44. The van der Waals surface area contributed by atoms with E-state index >= 15 is 0 Å². The van der Waals surface area contributed by atoms with E-state index in [1.807, 2.05) is 0 Å². The van der Waals surface area contributed by atoms with Crippen LogP contribution in [0.2, 0.25) is 0 Å². The van der Waals surface area contributed by atoms with E-state index in [9.17, 15) is 4.79 Å². The molecule has 0 aliphatic heterocycles. The number of carbonyl (C=O) groups excluding carboxylic acids is 1. The number of hydrogen-bond acceptors (Lipinski definition) is 2. The van der Waals surface area contributed by atoms with Crippen molar-refractivity contribution in [2.75, 3.05) is 6.61 Å². The summed E-state index contributed by atoms with van der Waals surface area (Å²) in [7, 11) is 0. The van der Waals surface area contributed by atoms with Crippen LogP contribution in [0.5, 0.6) is 0 Å². The first-order valence-corrected chi connectivity index (χ1v) is 4.88. The van der Waals surface area contributed by atoms with E-state index in [1.165, 1.54) is 6.92 Å². The van der Waals surface area contributed by atoms with Gasteiger partial charge in [0, 0.05) is 6.92 Å². The third kappa shape index (κ3) is 2.83. The van der Waals surface area contributed by atoms with Crippen molar-refractivity contribution in [3.05, 3.63) is 0 Å². The Kier molecular flexibility index (Phi) is 3.66. The van der Waals surface area contributed by atoms with Crippen molar-refractivity contribution in [2.24, 2.45) is 5.92 Å². The fraction of sp³-hybridized carbons (Fsp3) is 0.875. The molecule has 2 unspecified atom stereocenters. The standard InChI is InChI=1S/C8H12Cl2O2/c1-5(11)12-4-6-2-7(9)8(10)3-6/h6-8H,2-4H2,1H3/t6?,7-,8?/m1/s1. The van der Waals surface area contributed by atoms with E-state index < -0.39 is 0 Å². The summed E-state index contributed by atoms with van der Waals surface area (Å²) >= 11 is 11.8. The molecule has 1 saturated carbocycles. The minimum atomic E-state index is -0.237. The Hall–Kier alpha value is 0.0500. The number of rotatable bonds is 2. The van der Waals surface area contributed by atoms with Gasteiger partial charge in [0.1, 0.15) is 0 Å². The summed E-state index contributed by atoms with van der Waals surface area (Å²) in [5, 5.41) is 0.0689. The van der Waals surface area contributed by atoms with Crippen LogP contribution < -0.4 is 0 Å². The Morgan fingerprint density at radius 1 is 1.42 bits per heavy atom. The highest BCUT2D eigenvalue weighted by Crippen LogP contribution is 2.33. The normalized spacial score (nSPS) is 35.1. The largest absolute Gasteiger partial charge is 0.466 e. The molecular weight excluding hydrogens is 199 g/mol. The third-order valence-corrected chi connectivity index (χ3v) is 3.13. The summed E-state index contributed by atoms with van der Waals surface area (Å²) in [6.45, 7) is 1.87. The quantitative estimate of drug-likeness (QED) is 0.516. The molecule has 0 radical (unpaired) electrons. The summed E-state index contributed by atoms with van der Waals surface area (Å²) in [6, 6.07) is 0. The molecule has 12 heavy (non-hydrogen) atoms. The van der Waals surface area contributed by atoms with Gasteiger partial charge in [0.15, 0.2) is 0 Å². The van der Waals surface area contributed by atoms with Crippen LogP contribution in [-0.2, 0) is 9.53 Å². The van der Waals surface area contributed by atoms with Crippen molar-refractivity contribution in [3.8, 4) is 0 Å². The Morgan fingerprint density at radius 3 is 2.33 bits per heavy atom. The highest BCUT2D eigenvalue weighted by Gasteiger charge is 2.31. The molecule has 0 saturated heterocycles. The fourth-order valence-corrected chi connectivity index (χ4v) is 2.11. The number of halogens is 2. The van der Waals surface area contributed by atoms with Crippen molar-refractivity contribution in [1.29, 1.82) is 0 Å². The fourth-order valence-electron chi connectivity index (χ4n) is 1.40. The van der Waals surface area contributed by atoms with Gasteiger partial charge < -0.3 is 4.74 Å². The molecule has 0 spiro atoms. The molecule has 0 bridgehead atoms. The summed E-state index contributed by atoms with van der Waals surface area (Å²) in [4.78, 5) is 10.5. The molecule has 1 aliphatic rings. The molecule has 70 valence electrons. The minimum Gasteiger partial charge on any atom is -0.466 e. The van der Waals surface area contributed by atoms with Crippen molar-refractivity contribution < 1.29 is 9.53 Å². The molecule has 1 aliphatic carbocycles. The average molecular weight is 211 g/mol. The second kappa shape index (κ2) is 4.33. The van der Waals surface area contributed by atoms with E-state index in [0.29, 0.717) is 12.5 Å². The lowest BCUT2D eigenvalue weighted by Crippen LogP contribution is -2.09. The number of hydrogen-bond donors (Lipinski definition) is 0. The van der Waals surface area contributed by atoms with E-state index in [-0.39, 0.29) is 16.7 Å². The summed E-state index contributed by atoms with van der Waals surface area (Å²) in [6.07, 6.45) is 1.70. The van der Waals surface area contributed by atoms with Crippen LogP contribution in [0.4, 0.5) is 0 Å². The molecule has 3 atom stereocenters. The first-order chi connectivity index (χ1) is 5.59. The van der Waals surface area contributed by atoms with Gasteiger partial charge in [0.05, 0.1) is 17.4 Å². The topological polar surface area (TPSA) is 26.3 Å². The monoisotopic (exact) mass is 210 g/mol. The molecule has 2 nitrogen and oxygen atoms in total. The first-order valence-electron chi connectivity index (χ1n) is 4.01. The van der Waals surface area contributed by atoms with Gasteiger partial charge in [0.25, 0.3) is 0 Å². The molecule has 0 heterocycles. The lowest BCUT2D eigenvalue weighted by molar-refractivity contribution is -0.142. The van der Waals surface area contributed by atoms with E-state index in [1.54, 1.807) is 0 Å². The maximum absolute atomic E-state index is 10.5. The zero-order chi connectivity index (χ0) is 9.14. The van der Waals surface area contributed by atoms with Gasteiger partial charge in [-0.25, -0.2) is 0 Å². The smallest absolute Gasteiger partial charge is 0.302 e. The van der Waals surface area contributed by atoms with Gasteiger partial charge in [-0.05, 0) is 18.8 Å². The SMILES string of the molecule is CC(=O)OCC1CC(Cl)[C@H](Cl)C1. The molecule has 0 amide bonds. The van der Waals surface area contributed by atoms with Crippen LogP contribution in [0, 0.1) is 5.92 Å². The Bertz CT molecular complexity index is 162. The van der Waals surface area contributed by atoms with Gasteiger partial charge in [0.2, 0.25) is 0 Å². The number of alkyl halides is 2. The maximum Gasteiger partial charge on any atom is 0.302 e. The number of carbonyl (C=O) groups is 1. The van der Waals surface area contributed by atoms with Crippen molar-refractivity contribution in [3.63, 3.8) is 0 Å². The Morgan fingerprint density at radius 2 is 1.92 bits per heavy atom. The van der Waals surface area contributed by atoms with Crippen LogP contribution >= 0.6 is 23.2 Å². The van der Waals surface area contributed by atoms with Crippen molar-refractivity contribution in [1.82, 2.24) is 0 Å². The molecular formula is C8H12Cl2O2. The van der Waals surface area contributed by atoms with E-state index in [4.69, 9.17) is 27.9 Å². The zero-order valence-electron chi connectivity index (χ0n) is 6.93. The summed E-state index contributed by atoms with van der Waals surface area (Å²) < 4.78 is 4.87. The molecule has 1 fully saturated rings. The molecule has 0 aromatic heterocycles. The molecule has 1 rings (SSSR count). The van der Waals surface area contributed by atoms with Crippen LogP contribution in [-0.4, -0.2) is 23.3 Å². The first kappa shape index (κ1) is 10.1. The second-order valence-corrected chi connectivity index (χ2v) is 4.29. The lowest BCUT2D eigenvalue weighted by Gasteiger charge is -2.07. The average Bonchev–Trinajstić information content (AvgIpc) is 2.28. The Labute approximate surface area is 82.2 Å². The van der Waals surface area contributed by atoms with E-state index in [2.05, 4.69) is 0 Å².